The molecule has 4 nitrogen and oxygen atoms in total. The Balaban J connectivity index is 1.67. The second-order valence-electron chi connectivity index (χ2n) is 8.11. The normalized spacial score (nSPS) is 17.9. The van der Waals surface area contributed by atoms with Crippen molar-refractivity contribution in [3.8, 4) is 5.69 Å². The van der Waals surface area contributed by atoms with Gasteiger partial charge in [0, 0.05) is 34.0 Å². The van der Waals surface area contributed by atoms with Gasteiger partial charge in [0.2, 0.25) is 0 Å². The molecule has 0 saturated carbocycles. The van der Waals surface area contributed by atoms with Crippen LogP contribution >= 0.6 is 23.8 Å². The third-order valence-corrected chi connectivity index (χ3v) is 6.64. The van der Waals surface area contributed by atoms with Gasteiger partial charge in [-0.05, 0) is 98.4 Å². The molecule has 0 amide bonds. The van der Waals surface area contributed by atoms with Gasteiger partial charge in [0.15, 0.2) is 5.11 Å². The topological polar surface area (TPSA) is 33.1 Å². The van der Waals surface area contributed by atoms with Crippen LogP contribution in [0, 0.1) is 19.7 Å². The summed E-state index contributed by atoms with van der Waals surface area (Å²) < 4.78 is 15.7. The number of nitrogens with zero attached hydrogens (tertiary/aromatic N) is 3. The van der Waals surface area contributed by atoms with Crippen LogP contribution in [0.2, 0.25) is 5.02 Å². The quantitative estimate of drug-likeness (QED) is 0.343. The molecule has 1 N–H and O–H groups in total. The van der Waals surface area contributed by atoms with Crippen LogP contribution in [0.1, 0.15) is 34.7 Å². The number of rotatable bonds is 4. The molecule has 0 aliphatic carbocycles. The molecule has 2 unspecified atom stereocenters. The van der Waals surface area contributed by atoms with Gasteiger partial charge in [-0.3, -0.25) is 4.98 Å². The number of aryl methyl sites for hydroxylation is 1. The molecule has 33 heavy (non-hydrogen) atoms. The number of hydrogen-bond donors (Lipinski definition) is 1. The Morgan fingerprint density at radius 2 is 1.67 bits per heavy atom. The Labute approximate surface area is 202 Å². The van der Waals surface area contributed by atoms with Crippen LogP contribution in [0.4, 0.5) is 10.1 Å². The number of thiocarbonyl (C=S) groups is 1. The van der Waals surface area contributed by atoms with E-state index >= 15 is 0 Å². The van der Waals surface area contributed by atoms with Crippen LogP contribution in [0.15, 0.2) is 79.0 Å². The molecule has 1 saturated heterocycles. The van der Waals surface area contributed by atoms with E-state index in [2.05, 4.69) is 39.7 Å². The number of halogens is 2. The summed E-state index contributed by atoms with van der Waals surface area (Å²) in [4.78, 5) is 6.75. The Bertz CT molecular complexity index is 1300. The van der Waals surface area contributed by atoms with Gasteiger partial charge in [-0.15, -0.1) is 0 Å². The standard InChI is InChI=1S/C26H22ClFN4S/c1-16-15-22(17(2)31(16)20-12-8-19(28)9-13-20)25-24(23-5-3-4-14-29-23)30-26(33)32(25)21-10-6-18(27)7-11-21/h3-15,24-25H,1-2H3,(H,30,33). The first-order valence-electron chi connectivity index (χ1n) is 10.6. The summed E-state index contributed by atoms with van der Waals surface area (Å²) >= 11 is 12.0. The maximum Gasteiger partial charge on any atom is 0.174 e. The van der Waals surface area contributed by atoms with E-state index in [1.165, 1.54) is 12.1 Å². The van der Waals surface area contributed by atoms with Crippen molar-refractivity contribution in [2.75, 3.05) is 4.90 Å². The second-order valence-corrected chi connectivity index (χ2v) is 8.93. The average molecular weight is 477 g/mol. The smallest absolute Gasteiger partial charge is 0.174 e. The summed E-state index contributed by atoms with van der Waals surface area (Å²) in [5.41, 5.74) is 6.02. The van der Waals surface area contributed by atoms with Crippen LogP contribution in [-0.4, -0.2) is 14.7 Å². The van der Waals surface area contributed by atoms with Crippen molar-refractivity contribution < 1.29 is 4.39 Å². The average Bonchev–Trinajstić information content (AvgIpc) is 3.31. The number of hydrogen-bond acceptors (Lipinski definition) is 2. The molecule has 0 radical (unpaired) electrons. The highest BCUT2D eigenvalue weighted by Crippen LogP contribution is 2.43. The third kappa shape index (κ3) is 3.90. The molecule has 4 aromatic rings. The number of pyridine rings is 1. The minimum atomic E-state index is -0.254. The van der Waals surface area contributed by atoms with E-state index < -0.39 is 0 Å². The number of anilines is 1. The van der Waals surface area contributed by atoms with E-state index in [1.54, 1.807) is 18.3 Å². The van der Waals surface area contributed by atoms with E-state index in [4.69, 9.17) is 23.8 Å². The molecule has 1 aliphatic heterocycles. The lowest BCUT2D eigenvalue weighted by atomic mass is 9.96. The maximum atomic E-state index is 13.5. The fourth-order valence-electron chi connectivity index (χ4n) is 4.63. The minimum absolute atomic E-state index is 0.131. The lowest BCUT2D eigenvalue weighted by Gasteiger charge is -2.28. The van der Waals surface area contributed by atoms with Crippen molar-refractivity contribution in [2.24, 2.45) is 0 Å². The number of benzene rings is 2. The van der Waals surface area contributed by atoms with Gasteiger partial charge < -0.3 is 14.8 Å². The van der Waals surface area contributed by atoms with Crippen molar-refractivity contribution in [3.63, 3.8) is 0 Å². The summed E-state index contributed by atoms with van der Waals surface area (Å²) in [5.74, 6) is -0.254. The molecular formula is C26H22ClFN4S. The summed E-state index contributed by atoms with van der Waals surface area (Å²) in [6, 6.07) is 22.0. The van der Waals surface area contributed by atoms with Gasteiger partial charge in [0.1, 0.15) is 5.82 Å². The zero-order chi connectivity index (χ0) is 23.1. The lowest BCUT2D eigenvalue weighted by molar-refractivity contribution is 0.565. The summed E-state index contributed by atoms with van der Waals surface area (Å²) in [6.45, 7) is 4.14. The van der Waals surface area contributed by atoms with Crippen LogP contribution in [0.5, 0.6) is 0 Å². The van der Waals surface area contributed by atoms with Crippen LogP contribution in [-0.2, 0) is 0 Å². The molecule has 1 aliphatic rings. The highest BCUT2D eigenvalue weighted by Gasteiger charge is 2.42. The Morgan fingerprint density at radius 1 is 0.970 bits per heavy atom. The first-order chi connectivity index (χ1) is 15.9. The first-order valence-corrected chi connectivity index (χ1v) is 11.4. The zero-order valence-corrected chi connectivity index (χ0v) is 19.7. The van der Waals surface area contributed by atoms with Crippen molar-refractivity contribution in [1.82, 2.24) is 14.9 Å². The SMILES string of the molecule is Cc1cc(C2C(c3ccccn3)NC(=S)N2c2ccc(Cl)cc2)c(C)n1-c1ccc(F)cc1. The molecule has 5 rings (SSSR count). The van der Waals surface area contributed by atoms with E-state index in [1.807, 2.05) is 42.5 Å². The van der Waals surface area contributed by atoms with Gasteiger partial charge in [0.05, 0.1) is 17.8 Å². The lowest BCUT2D eigenvalue weighted by Crippen LogP contribution is -2.29. The number of nitrogens with one attached hydrogen (secondary N) is 1. The fourth-order valence-corrected chi connectivity index (χ4v) is 5.10. The Morgan fingerprint density at radius 3 is 2.33 bits per heavy atom. The molecule has 7 heteroatoms. The monoisotopic (exact) mass is 476 g/mol. The highest BCUT2D eigenvalue weighted by atomic mass is 35.5. The van der Waals surface area contributed by atoms with Crippen molar-refractivity contribution in [3.05, 3.63) is 112 Å². The van der Waals surface area contributed by atoms with E-state index in [0.717, 1.165) is 34.0 Å². The van der Waals surface area contributed by atoms with Gasteiger partial charge >= 0.3 is 0 Å². The van der Waals surface area contributed by atoms with E-state index in [0.29, 0.717) is 10.1 Å². The molecule has 0 bridgehead atoms. The second kappa shape index (κ2) is 8.61. The van der Waals surface area contributed by atoms with Gasteiger partial charge in [0.25, 0.3) is 0 Å². The van der Waals surface area contributed by atoms with Crippen LogP contribution in [0.25, 0.3) is 5.69 Å². The van der Waals surface area contributed by atoms with E-state index in [-0.39, 0.29) is 17.9 Å². The van der Waals surface area contributed by atoms with Crippen molar-refractivity contribution in [1.29, 1.82) is 0 Å². The molecule has 0 spiro atoms. The Kier molecular flexibility index (Phi) is 5.64. The number of aromatic nitrogens is 2. The van der Waals surface area contributed by atoms with Crippen molar-refractivity contribution in [2.45, 2.75) is 25.9 Å². The first kappa shape index (κ1) is 21.6. The van der Waals surface area contributed by atoms with Crippen LogP contribution < -0.4 is 10.2 Å². The van der Waals surface area contributed by atoms with Crippen LogP contribution in [0.3, 0.4) is 0 Å². The fraction of sp³-hybridized carbons (Fsp3) is 0.154. The van der Waals surface area contributed by atoms with E-state index in [9.17, 15) is 4.39 Å². The third-order valence-electron chi connectivity index (χ3n) is 6.08. The van der Waals surface area contributed by atoms with Gasteiger partial charge in [-0.2, -0.15) is 0 Å². The summed E-state index contributed by atoms with van der Waals surface area (Å²) in [7, 11) is 0. The molecule has 2 aromatic carbocycles. The molecule has 2 atom stereocenters. The molecule has 1 fully saturated rings. The highest BCUT2D eigenvalue weighted by molar-refractivity contribution is 7.80. The predicted octanol–water partition coefficient (Wildman–Crippen LogP) is 6.46. The molecular weight excluding hydrogens is 455 g/mol. The Hall–Kier alpha value is -3.22. The maximum absolute atomic E-state index is 13.5. The largest absolute Gasteiger partial charge is 0.351 e. The molecule has 166 valence electrons. The van der Waals surface area contributed by atoms with Gasteiger partial charge in [-0.1, -0.05) is 17.7 Å². The van der Waals surface area contributed by atoms with Gasteiger partial charge in [-0.25, -0.2) is 4.39 Å². The van der Waals surface area contributed by atoms with Crippen molar-refractivity contribution >= 4 is 34.6 Å². The minimum Gasteiger partial charge on any atom is -0.351 e. The summed E-state index contributed by atoms with van der Waals surface area (Å²) in [6.07, 6.45) is 1.80. The zero-order valence-electron chi connectivity index (χ0n) is 18.2. The predicted molar refractivity (Wildman–Crippen MR) is 135 cm³/mol. The molecule has 3 heterocycles. The molecule has 2 aromatic heterocycles. The summed E-state index contributed by atoms with van der Waals surface area (Å²) in [5, 5.41) is 4.79.